The molecule has 7 nitrogen and oxygen atoms in total. The van der Waals surface area contributed by atoms with Gasteiger partial charge in [0.1, 0.15) is 0 Å². The largest absolute Gasteiger partial charge is 0.322 e. The lowest BCUT2D eigenvalue weighted by Crippen LogP contribution is -2.24. The highest BCUT2D eigenvalue weighted by atomic mass is 32.2. The van der Waals surface area contributed by atoms with E-state index in [0.717, 1.165) is 12.8 Å². The van der Waals surface area contributed by atoms with Crippen molar-refractivity contribution in [3.63, 3.8) is 0 Å². The summed E-state index contributed by atoms with van der Waals surface area (Å²) in [5.41, 5.74) is 1.32. The van der Waals surface area contributed by atoms with Gasteiger partial charge >= 0.3 is 0 Å². The van der Waals surface area contributed by atoms with E-state index in [4.69, 9.17) is 0 Å². The lowest BCUT2D eigenvalue weighted by molar-refractivity contribution is 0.102. The second-order valence-corrected chi connectivity index (χ2v) is 9.46. The average molecular weight is 458 g/mol. The van der Waals surface area contributed by atoms with Crippen LogP contribution < -0.4 is 15.4 Å². The molecule has 0 radical (unpaired) electrons. The minimum atomic E-state index is -3.63. The minimum absolute atomic E-state index is 0.0908. The molecule has 3 N–H and O–H groups in total. The molecule has 0 unspecified atom stereocenters. The van der Waals surface area contributed by atoms with Crippen LogP contribution in [-0.4, -0.2) is 26.8 Å². The Morgan fingerprint density at radius 3 is 2.32 bits per heavy atom. The third-order valence-electron chi connectivity index (χ3n) is 4.37. The normalized spacial score (nSPS) is 11.1. The zero-order valence-electron chi connectivity index (χ0n) is 16.9. The molecule has 162 valence electrons. The van der Waals surface area contributed by atoms with Crippen LogP contribution in [0.2, 0.25) is 0 Å². The van der Waals surface area contributed by atoms with E-state index < -0.39 is 10.0 Å². The molecule has 2 aromatic carbocycles. The molecule has 31 heavy (non-hydrogen) atoms. The molecule has 1 aromatic heterocycles. The van der Waals surface area contributed by atoms with Gasteiger partial charge in [-0.2, -0.15) is 0 Å². The summed E-state index contributed by atoms with van der Waals surface area (Å²) in [6.07, 6.45) is 1.63. The van der Waals surface area contributed by atoms with Crippen molar-refractivity contribution in [2.45, 2.75) is 24.7 Å². The lowest BCUT2D eigenvalue weighted by Gasteiger charge is -2.10. The van der Waals surface area contributed by atoms with Crippen molar-refractivity contribution in [1.82, 2.24) is 4.72 Å². The van der Waals surface area contributed by atoms with Crippen LogP contribution in [-0.2, 0) is 10.0 Å². The molecule has 0 saturated heterocycles. The summed E-state index contributed by atoms with van der Waals surface area (Å²) in [7, 11) is -3.63. The molecule has 0 aliphatic heterocycles. The van der Waals surface area contributed by atoms with Crippen molar-refractivity contribution >= 4 is 44.5 Å². The Balaban J connectivity index is 1.64. The van der Waals surface area contributed by atoms with Gasteiger partial charge < -0.3 is 10.6 Å². The molecule has 1 heterocycles. The predicted octanol–water partition coefficient (Wildman–Crippen LogP) is 4.33. The van der Waals surface area contributed by atoms with Crippen LogP contribution in [0, 0.1) is 0 Å². The van der Waals surface area contributed by atoms with E-state index in [1.165, 1.54) is 23.5 Å². The number of nitrogens with one attached hydrogen (secondary N) is 3. The Labute approximate surface area is 185 Å². The minimum Gasteiger partial charge on any atom is -0.322 e. The number of anilines is 2. The summed E-state index contributed by atoms with van der Waals surface area (Å²) in [4.78, 5) is 25.3. The van der Waals surface area contributed by atoms with Crippen molar-refractivity contribution in [2.75, 3.05) is 17.2 Å². The number of benzene rings is 2. The van der Waals surface area contributed by atoms with Gasteiger partial charge in [0.05, 0.1) is 9.77 Å². The Bertz CT molecular complexity index is 1140. The number of hydrogen-bond acceptors (Lipinski definition) is 5. The summed E-state index contributed by atoms with van der Waals surface area (Å²) in [5.74, 6) is -0.595. The van der Waals surface area contributed by atoms with Crippen molar-refractivity contribution < 1.29 is 18.0 Å². The number of rotatable bonds is 9. The first kappa shape index (κ1) is 22.7. The molecular weight excluding hydrogens is 434 g/mol. The summed E-state index contributed by atoms with van der Waals surface area (Å²) in [6.45, 7) is 2.35. The summed E-state index contributed by atoms with van der Waals surface area (Å²) in [6, 6.07) is 16.1. The van der Waals surface area contributed by atoms with E-state index in [2.05, 4.69) is 15.4 Å². The summed E-state index contributed by atoms with van der Waals surface area (Å²) < 4.78 is 27.3. The maximum atomic E-state index is 12.5. The average Bonchev–Trinajstić information content (AvgIpc) is 3.30. The molecule has 0 fully saturated rings. The third-order valence-corrected chi connectivity index (χ3v) is 6.70. The Kier molecular flexibility index (Phi) is 7.56. The molecule has 0 bridgehead atoms. The number of carbonyl (C=O) groups is 2. The van der Waals surface area contributed by atoms with Crippen molar-refractivity contribution in [3.8, 4) is 0 Å². The Morgan fingerprint density at radius 2 is 1.65 bits per heavy atom. The number of unbranched alkanes of at least 4 members (excludes halogenated alkanes) is 1. The number of sulfonamides is 1. The van der Waals surface area contributed by atoms with E-state index in [1.54, 1.807) is 48.5 Å². The fraction of sp³-hybridized carbons (Fsp3) is 0.182. The van der Waals surface area contributed by atoms with Gasteiger partial charge in [-0.3, -0.25) is 9.59 Å². The molecule has 3 rings (SSSR count). The van der Waals surface area contributed by atoms with Crippen molar-refractivity contribution in [2.24, 2.45) is 0 Å². The maximum Gasteiger partial charge on any atom is 0.265 e. The molecule has 0 aliphatic rings. The molecule has 0 saturated carbocycles. The fourth-order valence-electron chi connectivity index (χ4n) is 2.72. The smallest absolute Gasteiger partial charge is 0.265 e. The van der Waals surface area contributed by atoms with E-state index in [-0.39, 0.29) is 16.7 Å². The fourth-order valence-corrected chi connectivity index (χ4v) is 4.45. The second-order valence-electron chi connectivity index (χ2n) is 6.74. The van der Waals surface area contributed by atoms with Crippen LogP contribution in [0.25, 0.3) is 0 Å². The highest BCUT2D eigenvalue weighted by Gasteiger charge is 2.15. The van der Waals surface area contributed by atoms with Crippen LogP contribution in [0.15, 0.2) is 70.9 Å². The zero-order chi connectivity index (χ0) is 22.3. The van der Waals surface area contributed by atoms with Gasteiger partial charge in [-0.1, -0.05) is 25.5 Å². The van der Waals surface area contributed by atoms with Gasteiger partial charge in [0.2, 0.25) is 10.0 Å². The quantitative estimate of drug-likeness (QED) is 0.416. The van der Waals surface area contributed by atoms with Crippen LogP contribution in [0.4, 0.5) is 11.4 Å². The maximum absolute atomic E-state index is 12.5. The molecule has 0 spiro atoms. The van der Waals surface area contributed by atoms with Crippen molar-refractivity contribution in [1.29, 1.82) is 0 Å². The molecule has 0 aliphatic carbocycles. The molecule has 0 atom stereocenters. The molecular formula is C22H23N3O4S2. The van der Waals surface area contributed by atoms with Crippen LogP contribution >= 0.6 is 11.3 Å². The van der Waals surface area contributed by atoms with E-state index in [1.807, 2.05) is 12.3 Å². The van der Waals surface area contributed by atoms with Gasteiger partial charge in [-0.15, -0.1) is 11.3 Å². The van der Waals surface area contributed by atoms with E-state index in [0.29, 0.717) is 28.4 Å². The second kappa shape index (κ2) is 10.3. The Hall–Kier alpha value is -3.01. The van der Waals surface area contributed by atoms with Gasteiger partial charge in [0, 0.05) is 23.5 Å². The first-order valence-corrected chi connectivity index (χ1v) is 12.1. The van der Waals surface area contributed by atoms with Crippen LogP contribution in [0.5, 0.6) is 0 Å². The summed E-state index contributed by atoms with van der Waals surface area (Å²) in [5, 5.41) is 7.30. The van der Waals surface area contributed by atoms with Crippen molar-refractivity contribution in [3.05, 3.63) is 76.5 Å². The summed E-state index contributed by atoms with van der Waals surface area (Å²) >= 11 is 1.34. The molecule has 2 amide bonds. The zero-order valence-corrected chi connectivity index (χ0v) is 18.6. The first-order chi connectivity index (χ1) is 14.9. The third kappa shape index (κ3) is 6.24. The lowest BCUT2D eigenvalue weighted by atomic mass is 10.2. The number of thiophene rings is 1. The van der Waals surface area contributed by atoms with Crippen LogP contribution in [0.3, 0.4) is 0 Å². The standard InChI is InChI=1S/C22H23N3O4S2/c1-2-3-13-23-31(28,29)19-7-4-6-18(15-19)25-21(26)16-9-11-17(12-10-16)24-22(27)20-8-5-14-30-20/h4-12,14-15,23H,2-3,13H2,1H3,(H,24,27)(H,25,26). The predicted molar refractivity (Wildman–Crippen MR) is 123 cm³/mol. The number of carbonyl (C=O) groups excluding carboxylic acids is 2. The van der Waals surface area contributed by atoms with E-state index >= 15 is 0 Å². The number of amides is 2. The van der Waals surface area contributed by atoms with E-state index in [9.17, 15) is 18.0 Å². The molecule has 3 aromatic rings. The highest BCUT2D eigenvalue weighted by Crippen LogP contribution is 2.18. The SMILES string of the molecule is CCCCNS(=O)(=O)c1cccc(NC(=O)c2ccc(NC(=O)c3cccs3)cc2)c1. The Morgan fingerprint density at radius 1 is 0.903 bits per heavy atom. The monoisotopic (exact) mass is 457 g/mol. The van der Waals surface area contributed by atoms with Gasteiger partial charge in [-0.05, 0) is 60.3 Å². The van der Waals surface area contributed by atoms with Crippen LogP contribution in [0.1, 0.15) is 39.8 Å². The topological polar surface area (TPSA) is 104 Å². The van der Waals surface area contributed by atoms with Gasteiger partial charge in [-0.25, -0.2) is 13.1 Å². The number of hydrogen-bond donors (Lipinski definition) is 3. The van der Waals surface area contributed by atoms with Gasteiger partial charge in [0.15, 0.2) is 0 Å². The highest BCUT2D eigenvalue weighted by molar-refractivity contribution is 7.89. The first-order valence-electron chi connectivity index (χ1n) is 9.75. The molecule has 9 heteroatoms. The van der Waals surface area contributed by atoms with Gasteiger partial charge in [0.25, 0.3) is 11.8 Å².